The number of hydrogen-bond donors (Lipinski definition) is 1. The molecule has 1 aromatic carbocycles. The van der Waals surface area contributed by atoms with Crippen molar-refractivity contribution in [1.29, 1.82) is 0 Å². The van der Waals surface area contributed by atoms with Gasteiger partial charge in [0.25, 0.3) is 0 Å². The lowest BCUT2D eigenvalue weighted by Gasteiger charge is -2.17. The van der Waals surface area contributed by atoms with Gasteiger partial charge in [-0.15, -0.1) is 0 Å². The van der Waals surface area contributed by atoms with Crippen LogP contribution in [0.25, 0.3) is 10.9 Å². The molecule has 1 aliphatic rings. The van der Waals surface area contributed by atoms with Crippen molar-refractivity contribution in [3.05, 3.63) is 30.5 Å². The fraction of sp³-hybridized carbons (Fsp3) is 0.471. The van der Waals surface area contributed by atoms with Crippen LogP contribution in [0.15, 0.2) is 30.5 Å². The van der Waals surface area contributed by atoms with Crippen LogP contribution in [0.4, 0.5) is 10.5 Å². The van der Waals surface area contributed by atoms with Gasteiger partial charge in [0, 0.05) is 37.8 Å². The second-order valence-electron chi connectivity index (χ2n) is 6.40. The van der Waals surface area contributed by atoms with Crippen LogP contribution in [-0.4, -0.2) is 48.5 Å². The first-order valence-electron chi connectivity index (χ1n) is 8.22. The van der Waals surface area contributed by atoms with Crippen LogP contribution >= 0.6 is 0 Å². The zero-order valence-corrected chi connectivity index (χ0v) is 14.8. The molecule has 3 rings (SSSR count). The highest BCUT2D eigenvalue weighted by molar-refractivity contribution is 7.91. The molecule has 1 fully saturated rings. The number of benzene rings is 1. The van der Waals surface area contributed by atoms with E-state index in [1.54, 1.807) is 4.90 Å². The summed E-state index contributed by atoms with van der Waals surface area (Å²) in [5.74, 6) is 0. The average molecular weight is 349 g/mol. The Kier molecular flexibility index (Phi) is 4.54. The molecule has 1 N–H and O–H groups in total. The molecule has 7 heteroatoms. The van der Waals surface area contributed by atoms with Crippen LogP contribution in [-0.2, 0) is 16.4 Å². The zero-order chi connectivity index (χ0) is 17.3. The topological polar surface area (TPSA) is 71.4 Å². The number of hydrogen-bond acceptors (Lipinski definition) is 3. The first-order valence-corrected chi connectivity index (χ1v) is 10.2. The maximum Gasteiger partial charge on any atom is 0.321 e. The third kappa shape index (κ3) is 3.40. The summed E-state index contributed by atoms with van der Waals surface area (Å²) in [7, 11) is -3.10. The lowest BCUT2D eigenvalue weighted by atomic mass is 10.2. The summed E-state index contributed by atoms with van der Waals surface area (Å²) >= 11 is 0. The second-order valence-corrected chi connectivity index (χ2v) is 8.72. The number of aromatic nitrogens is 1. The Morgan fingerprint density at radius 1 is 1.33 bits per heavy atom. The summed E-state index contributed by atoms with van der Waals surface area (Å²) in [6.07, 6.45) is 4.83. The highest BCUT2D eigenvalue weighted by Gasteiger charge is 2.32. The van der Waals surface area contributed by atoms with Crippen LogP contribution in [0.1, 0.15) is 19.8 Å². The van der Waals surface area contributed by atoms with Gasteiger partial charge in [-0.2, -0.15) is 0 Å². The Hall–Kier alpha value is -2.02. The van der Waals surface area contributed by atoms with E-state index in [1.165, 1.54) is 6.26 Å². The number of nitrogens with zero attached hydrogens (tertiary/aromatic N) is 2. The predicted octanol–water partition coefficient (Wildman–Crippen LogP) is 2.70. The highest BCUT2D eigenvalue weighted by atomic mass is 32.2. The average Bonchev–Trinajstić information content (AvgIpc) is 3.15. The van der Waals surface area contributed by atoms with E-state index in [0.717, 1.165) is 29.6 Å². The summed E-state index contributed by atoms with van der Waals surface area (Å²) in [5, 5.41) is 3.57. The van der Waals surface area contributed by atoms with E-state index in [9.17, 15) is 13.2 Å². The molecule has 1 aliphatic heterocycles. The molecule has 2 amide bonds. The predicted molar refractivity (Wildman–Crippen MR) is 96.1 cm³/mol. The van der Waals surface area contributed by atoms with E-state index in [-0.39, 0.29) is 12.6 Å². The van der Waals surface area contributed by atoms with E-state index >= 15 is 0 Å². The van der Waals surface area contributed by atoms with E-state index in [0.29, 0.717) is 13.0 Å². The number of rotatable bonds is 4. The normalized spacial score (nSPS) is 18.2. The number of aryl methyl sites for hydroxylation is 1. The summed E-state index contributed by atoms with van der Waals surface area (Å²) in [5.41, 5.74) is 1.82. The number of nitrogens with one attached hydrogen (secondary N) is 1. The highest BCUT2D eigenvalue weighted by Crippen LogP contribution is 2.22. The molecule has 130 valence electrons. The molecule has 0 bridgehead atoms. The number of anilines is 1. The van der Waals surface area contributed by atoms with E-state index in [1.807, 2.05) is 18.2 Å². The van der Waals surface area contributed by atoms with Crippen LogP contribution in [0.5, 0.6) is 0 Å². The largest absolute Gasteiger partial charge is 0.347 e. The Morgan fingerprint density at radius 3 is 2.79 bits per heavy atom. The Bertz CT molecular complexity index is 857. The van der Waals surface area contributed by atoms with Crippen molar-refractivity contribution < 1.29 is 13.2 Å². The van der Waals surface area contributed by atoms with Crippen molar-refractivity contribution in [2.24, 2.45) is 0 Å². The van der Waals surface area contributed by atoms with Gasteiger partial charge in [-0.25, -0.2) is 13.2 Å². The molecule has 1 unspecified atom stereocenters. The van der Waals surface area contributed by atoms with Crippen LogP contribution < -0.4 is 5.32 Å². The molecule has 1 aromatic heterocycles. The molecule has 1 saturated heterocycles. The molecular formula is C17H23N3O3S. The van der Waals surface area contributed by atoms with E-state index < -0.39 is 15.1 Å². The van der Waals surface area contributed by atoms with Gasteiger partial charge in [0.2, 0.25) is 0 Å². The fourth-order valence-electron chi connectivity index (χ4n) is 3.16. The molecule has 24 heavy (non-hydrogen) atoms. The van der Waals surface area contributed by atoms with E-state index in [2.05, 4.69) is 29.1 Å². The Morgan fingerprint density at radius 2 is 2.12 bits per heavy atom. The SMILES string of the molecule is CCCn1ccc2ccc(NC(=O)N3CCC(S(C)(=O)=O)C3)cc21. The standard InChI is InChI=1S/C17H23N3O3S/c1-3-8-19-9-6-13-4-5-14(11-16(13)19)18-17(21)20-10-7-15(12-20)24(2,22)23/h4-6,9,11,15H,3,7-8,10,12H2,1-2H3,(H,18,21). The molecule has 2 aromatic rings. The van der Waals surface area contributed by atoms with Gasteiger partial charge in [-0.1, -0.05) is 13.0 Å². The van der Waals surface area contributed by atoms with Crippen LogP contribution in [0, 0.1) is 0 Å². The molecule has 0 aliphatic carbocycles. The monoisotopic (exact) mass is 349 g/mol. The van der Waals surface area contributed by atoms with Gasteiger partial charge >= 0.3 is 6.03 Å². The number of urea groups is 1. The Balaban J connectivity index is 1.73. The first-order chi connectivity index (χ1) is 11.4. The summed E-state index contributed by atoms with van der Waals surface area (Å²) in [6.45, 7) is 3.79. The zero-order valence-electron chi connectivity index (χ0n) is 14.0. The number of carbonyl (C=O) groups excluding carboxylic acids is 1. The fourth-order valence-corrected chi connectivity index (χ4v) is 4.15. The minimum Gasteiger partial charge on any atom is -0.347 e. The van der Waals surface area contributed by atoms with Crippen LogP contribution in [0.3, 0.4) is 0 Å². The molecule has 1 atom stereocenters. The van der Waals surface area contributed by atoms with Gasteiger partial charge < -0.3 is 14.8 Å². The minimum absolute atomic E-state index is 0.242. The molecule has 0 spiro atoms. The summed E-state index contributed by atoms with van der Waals surface area (Å²) in [4.78, 5) is 14.0. The summed E-state index contributed by atoms with van der Waals surface area (Å²) < 4.78 is 25.4. The van der Waals surface area contributed by atoms with Crippen molar-refractivity contribution in [3.63, 3.8) is 0 Å². The number of carbonyl (C=O) groups is 1. The molecule has 0 saturated carbocycles. The maximum atomic E-state index is 12.4. The van der Waals surface area contributed by atoms with E-state index in [4.69, 9.17) is 0 Å². The molecule has 0 radical (unpaired) electrons. The molecule has 6 nitrogen and oxygen atoms in total. The molecular weight excluding hydrogens is 326 g/mol. The maximum absolute atomic E-state index is 12.4. The number of sulfone groups is 1. The minimum atomic E-state index is -3.10. The third-order valence-electron chi connectivity index (χ3n) is 4.53. The first kappa shape index (κ1) is 16.8. The van der Waals surface area contributed by atoms with Crippen molar-refractivity contribution in [2.45, 2.75) is 31.6 Å². The third-order valence-corrected chi connectivity index (χ3v) is 6.12. The smallest absolute Gasteiger partial charge is 0.321 e. The van der Waals surface area contributed by atoms with Gasteiger partial charge in [0.05, 0.1) is 10.8 Å². The number of amides is 2. The van der Waals surface area contributed by atoms with Crippen molar-refractivity contribution in [1.82, 2.24) is 9.47 Å². The van der Waals surface area contributed by atoms with Gasteiger partial charge in [0.15, 0.2) is 9.84 Å². The van der Waals surface area contributed by atoms with Crippen LogP contribution in [0.2, 0.25) is 0 Å². The molecule has 2 heterocycles. The lowest BCUT2D eigenvalue weighted by molar-refractivity contribution is 0.222. The van der Waals surface area contributed by atoms with Crippen molar-refractivity contribution in [2.75, 3.05) is 24.7 Å². The Labute approximate surface area is 142 Å². The lowest BCUT2D eigenvalue weighted by Crippen LogP contribution is -2.34. The van der Waals surface area contributed by atoms with Crippen molar-refractivity contribution in [3.8, 4) is 0 Å². The number of likely N-dealkylation sites (tertiary alicyclic amines) is 1. The van der Waals surface area contributed by atoms with Gasteiger partial charge in [-0.05, 0) is 36.4 Å². The quantitative estimate of drug-likeness (QED) is 0.922. The van der Waals surface area contributed by atoms with Gasteiger partial charge in [-0.3, -0.25) is 0 Å². The second kappa shape index (κ2) is 6.47. The number of fused-ring (bicyclic) bond motifs is 1. The summed E-state index contributed by atoms with van der Waals surface area (Å²) in [6, 6.07) is 7.65. The van der Waals surface area contributed by atoms with Gasteiger partial charge in [0.1, 0.15) is 0 Å². The van der Waals surface area contributed by atoms with Crippen molar-refractivity contribution >= 4 is 32.5 Å².